The van der Waals surface area contributed by atoms with Crippen molar-refractivity contribution in [2.45, 2.75) is 0 Å². The molecule has 0 aliphatic carbocycles. The van der Waals surface area contributed by atoms with Crippen molar-refractivity contribution >= 4 is 48.4 Å². The molecule has 0 N–H and O–H groups in total. The minimum absolute atomic E-state index is 0.741. The Morgan fingerprint density at radius 3 is 2.25 bits per heavy atom. The molecule has 96 valence electrons. The molecule has 20 heavy (non-hydrogen) atoms. The van der Waals surface area contributed by atoms with Gasteiger partial charge in [-0.2, -0.15) is 0 Å². The van der Waals surface area contributed by atoms with E-state index >= 15 is 0 Å². The molecule has 0 amide bonds. The second-order valence-corrected chi connectivity index (χ2v) is 7.65. The molecular formula is C18H14P2. The summed E-state index contributed by atoms with van der Waals surface area (Å²) in [6, 6.07) is 26.5. The summed E-state index contributed by atoms with van der Waals surface area (Å²) >= 11 is 0. The highest BCUT2D eigenvalue weighted by molar-refractivity contribution is 7.55. The first-order chi connectivity index (χ1) is 9.90. The Bertz CT molecular complexity index is 876. The van der Waals surface area contributed by atoms with Crippen LogP contribution >= 0.6 is 16.8 Å². The van der Waals surface area contributed by atoms with Crippen LogP contribution in [0.15, 0.2) is 72.8 Å². The fraction of sp³-hybridized carbons (Fsp3) is 0. The molecule has 4 rings (SSSR count). The maximum absolute atomic E-state index is 2.39. The summed E-state index contributed by atoms with van der Waals surface area (Å²) in [7, 11) is 1.56. The lowest BCUT2D eigenvalue weighted by Gasteiger charge is -2.02. The van der Waals surface area contributed by atoms with E-state index in [1.807, 2.05) is 0 Å². The molecule has 4 aromatic rings. The first-order valence-corrected chi connectivity index (χ1v) is 8.73. The predicted molar refractivity (Wildman–Crippen MR) is 95.0 cm³/mol. The van der Waals surface area contributed by atoms with Crippen LogP contribution in [0.5, 0.6) is 0 Å². The molecule has 0 bridgehead atoms. The maximum atomic E-state index is 2.39. The van der Waals surface area contributed by atoms with E-state index in [2.05, 4.69) is 72.8 Å². The molecule has 2 atom stereocenters. The van der Waals surface area contributed by atoms with E-state index in [0.717, 1.165) is 16.8 Å². The van der Waals surface area contributed by atoms with Crippen LogP contribution in [0, 0.1) is 0 Å². The zero-order valence-electron chi connectivity index (χ0n) is 10.9. The van der Waals surface area contributed by atoms with Gasteiger partial charge in [-0.05, 0) is 43.8 Å². The highest BCUT2D eigenvalue weighted by atomic mass is 31.1. The van der Waals surface area contributed by atoms with E-state index in [4.69, 9.17) is 0 Å². The Kier molecular flexibility index (Phi) is 3.07. The third kappa shape index (κ3) is 2.16. The molecule has 1 heterocycles. The van der Waals surface area contributed by atoms with Gasteiger partial charge in [0.25, 0.3) is 0 Å². The Balaban J connectivity index is 1.83. The number of rotatable bonds is 2. The lowest BCUT2D eigenvalue weighted by molar-refractivity contribution is 1.78. The molecule has 2 heteroatoms. The molecule has 0 saturated carbocycles. The molecule has 0 aliphatic rings. The van der Waals surface area contributed by atoms with Gasteiger partial charge < -0.3 is 0 Å². The van der Waals surface area contributed by atoms with Crippen molar-refractivity contribution in [2.24, 2.45) is 0 Å². The van der Waals surface area contributed by atoms with Gasteiger partial charge in [0.05, 0.1) is 0 Å². The Labute approximate surface area is 121 Å². The van der Waals surface area contributed by atoms with Crippen molar-refractivity contribution in [2.75, 3.05) is 0 Å². The zero-order valence-corrected chi connectivity index (χ0v) is 12.9. The SMILES string of the molecule is c1ccc(Pc2ccc3[pH]c4ccccc4c3c2)cc1. The lowest BCUT2D eigenvalue weighted by atomic mass is 10.1. The van der Waals surface area contributed by atoms with Crippen molar-refractivity contribution in [1.82, 2.24) is 0 Å². The summed E-state index contributed by atoms with van der Waals surface area (Å²) in [4.78, 5) is 0. The van der Waals surface area contributed by atoms with E-state index < -0.39 is 0 Å². The van der Waals surface area contributed by atoms with Crippen LogP contribution in [-0.2, 0) is 0 Å². The third-order valence-electron chi connectivity index (χ3n) is 3.57. The quantitative estimate of drug-likeness (QED) is 0.472. The lowest BCUT2D eigenvalue weighted by Crippen LogP contribution is -2.01. The molecular weight excluding hydrogens is 278 g/mol. The minimum atomic E-state index is 0.741. The van der Waals surface area contributed by atoms with Crippen molar-refractivity contribution in [3.8, 4) is 0 Å². The van der Waals surface area contributed by atoms with Crippen molar-refractivity contribution in [1.29, 1.82) is 0 Å². The van der Waals surface area contributed by atoms with Crippen LogP contribution in [0.3, 0.4) is 0 Å². The fourth-order valence-electron chi connectivity index (χ4n) is 2.61. The van der Waals surface area contributed by atoms with Gasteiger partial charge in [-0.1, -0.05) is 69.2 Å². The van der Waals surface area contributed by atoms with E-state index in [-0.39, 0.29) is 0 Å². The minimum Gasteiger partial charge on any atom is -0.123 e. The summed E-state index contributed by atoms with van der Waals surface area (Å²) in [5.41, 5.74) is 0. The van der Waals surface area contributed by atoms with Crippen molar-refractivity contribution in [3.05, 3.63) is 72.8 Å². The average Bonchev–Trinajstić information content (AvgIpc) is 2.86. The molecule has 0 nitrogen and oxygen atoms in total. The van der Waals surface area contributed by atoms with Crippen molar-refractivity contribution in [3.63, 3.8) is 0 Å². The Morgan fingerprint density at radius 1 is 0.600 bits per heavy atom. The second kappa shape index (κ2) is 5.06. The predicted octanol–water partition coefficient (Wildman–Crippen LogP) is 4.65. The number of fused-ring (bicyclic) bond motifs is 3. The summed E-state index contributed by atoms with van der Waals surface area (Å²) < 4.78 is 0. The fourth-order valence-corrected chi connectivity index (χ4v) is 5.02. The van der Waals surface area contributed by atoms with E-state index in [1.165, 1.54) is 31.6 Å². The van der Waals surface area contributed by atoms with Gasteiger partial charge in [0.2, 0.25) is 0 Å². The monoisotopic (exact) mass is 292 g/mol. The average molecular weight is 292 g/mol. The number of hydrogen-bond donors (Lipinski definition) is 0. The first kappa shape index (κ1) is 12.2. The van der Waals surface area contributed by atoms with Gasteiger partial charge in [-0.25, -0.2) is 0 Å². The van der Waals surface area contributed by atoms with E-state index in [0.29, 0.717) is 0 Å². The van der Waals surface area contributed by atoms with Crippen molar-refractivity contribution < 1.29 is 0 Å². The van der Waals surface area contributed by atoms with Crippen LogP contribution < -0.4 is 10.6 Å². The highest BCUT2D eigenvalue weighted by Crippen LogP contribution is 2.37. The first-order valence-electron chi connectivity index (χ1n) is 6.73. The number of benzene rings is 3. The standard InChI is InChI=1S/C18H14P2/c1-2-6-13(7-3-1)19-14-10-11-18-16(12-14)15-8-4-5-9-17(15)20-18/h1-12,19-20H. The third-order valence-corrected chi connectivity index (χ3v) is 6.20. The number of hydrogen-bond acceptors (Lipinski definition) is 0. The smallest absolute Gasteiger partial charge is 0.000558 e. The largest absolute Gasteiger partial charge is 0.123 e. The van der Waals surface area contributed by atoms with Crippen LogP contribution in [0.25, 0.3) is 21.0 Å². The second-order valence-electron chi connectivity index (χ2n) is 4.92. The summed E-state index contributed by atoms with van der Waals surface area (Å²) in [6.45, 7) is 0. The summed E-state index contributed by atoms with van der Waals surface area (Å²) in [5.74, 6) is 0. The molecule has 0 spiro atoms. The molecule has 3 aromatic carbocycles. The molecule has 1 aromatic heterocycles. The Morgan fingerprint density at radius 2 is 1.35 bits per heavy atom. The highest BCUT2D eigenvalue weighted by Gasteiger charge is 2.04. The van der Waals surface area contributed by atoms with Gasteiger partial charge in [-0.3, -0.25) is 0 Å². The van der Waals surface area contributed by atoms with Crippen LogP contribution in [0.2, 0.25) is 0 Å². The topological polar surface area (TPSA) is 0 Å². The molecule has 0 fully saturated rings. The van der Waals surface area contributed by atoms with Crippen LogP contribution in [0.1, 0.15) is 0 Å². The molecule has 0 saturated heterocycles. The van der Waals surface area contributed by atoms with E-state index in [9.17, 15) is 0 Å². The molecule has 0 aliphatic heterocycles. The van der Waals surface area contributed by atoms with E-state index in [1.54, 1.807) is 0 Å². The van der Waals surface area contributed by atoms with Gasteiger partial charge in [0.15, 0.2) is 0 Å². The van der Waals surface area contributed by atoms with Crippen LogP contribution in [-0.4, -0.2) is 0 Å². The van der Waals surface area contributed by atoms with Gasteiger partial charge in [0, 0.05) is 0 Å². The normalized spacial score (nSPS) is 12.2. The zero-order chi connectivity index (χ0) is 13.4. The molecule has 0 radical (unpaired) electrons. The van der Waals surface area contributed by atoms with Crippen LogP contribution in [0.4, 0.5) is 0 Å². The molecule has 2 unspecified atom stereocenters. The maximum Gasteiger partial charge on any atom is -0.000558 e. The van der Waals surface area contributed by atoms with Gasteiger partial charge in [-0.15, -0.1) is 8.19 Å². The summed E-state index contributed by atoms with van der Waals surface area (Å²) in [6.07, 6.45) is 0. The summed E-state index contributed by atoms with van der Waals surface area (Å²) in [5, 5.41) is 8.69. The van der Waals surface area contributed by atoms with Gasteiger partial charge >= 0.3 is 0 Å². The van der Waals surface area contributed by atoms with Gasteiger partial charge in [0.1, 0.15) is 0 Å². The Hall–Kier alpha value is -1.61.